The van der Waals surface area contributed by atoms with Crippen molar-refractivity contribution in [3.05, 3.63) is 46.2 Å². The Labute approximate surface area is 169 Å². The van der Waals surface area contributed by atoms with Gasteiger partial charge in [0.15, 0.2) is 11.5 Å². The predicted molar refractivity (Wildman–Crippen MR) is 109 cm³/mol. The number of amides is 1. The first-order chi connectivity index (χ1) is 13.8. The summed E-state index contributed by atoms with van der Waals surface area (Å²) in [5.41, 5.74) is 1.16. The quantitative estimate of drug-likeness (QED) is 0.741. The maximum absolute atomic E-state index is 13.2. The van der Waals surface area contributed by atoms with E-state index >= 15 is 0 Å². The fourth-order valence-corrected chi connectivity index (χ4v) is 5.03. The van der Waals surface area contributed by atoms with Crippen LogP contribution in [0.2, 0.25) is 0 Å². The van der Waals surface area contributed by atoms with Gasteiger partial charge in [0.25, 0.3) is 0 Å². The lowest BCUT2D eigenvalue weighted by atomic mass is 10.0. The number of hydrogen-bond donors (Lipinski definition) is 0. The first-order valence-electron chi connectivity index (χ1n) is 10.2. The summed E-state index contributed by atoms with van der Waals surface area (Å²) < 4.78 is 11.4. The minimum Gasteiger partial charge on any atom is -0.486 e. The normalized spacial score (nSPS) is 21.3. The molecule has 3 aliphatic rings. The molecule has 28 heavy (non-hydrogen) atoms. The van der Waals surface area contributed by atoms with Crippen LogP contribution in [0.4, 0.5) is 0 Å². The van der Waals surface area contributed by atoms with E-state index in [4.69, 9.17) is 9.47 Å². The van der Waals surface area contributed by atoms with Gasteiger partial charge in [-0.05, 0) is 54.8 Å². The molecule has 1 saturated carbocycles. The van der Waals surface area contributed by atoms with Crippen molar-refractivity contribution in [2.75, 3.05) is 26.3 Å². The van der Waals surface area contributed by atoms with Crippen LogP contribution in [0.25, 0.3) is 0 Å². The van der Waals surface area contributed by atoms with E-state index in [9.17, 15) is 4.79 Å². The molecule has 2 aliphatic heterocycles. The van der Waals surface area contributed by atoms with Gasteiger partial charge in [-0.15, -0.1) is 11.3 Å². The summed E-state index contributed by atoms with van der Waals surface area (Å²) in [6.07, 6.45) is 4.49. The molecule has 5 rings (SSSR count). The number of nitrogens with zero attached hydrogens (tertiary/aromatic N) is 2. The predicted octanol–water partition coefficient (Wildman–Crippen LogP) is 3.85. The highest BCUT2D eigenvalue weighted by Crippen LogP contribution is 2.38. The Kier molecular flexibility index (Phi) is 4.99. The molecule has 5 nitrogen and oxygen atoms in total. The molecule has 1 aromatic heterocycles. The third kappa shape index (κ3) is 3.76. The molecule has 2 fully saturated rings. The molecular formula is C22H26N2O3S. The van der Waals surface area contributed by atoms with E-state index < -0.39 is 0 Å². The van der Waals surface area contributed by atoms with E-state index in [-0.39, 0.29) is 11.9 Å². The fraction of sp³-hybridized carbons (Fsp3) is 0.500. The summed E-state index contributed by atoms with van der Waals surface area (Å²) in [4.78, 5) is 19.0. The molecular weight excluding hydrogens is 372 g/mol. The van der Waals surface area contributed by atoms with Crippen LogP contribution in [0.3, 0.4) is 0 Å². The van der Waals surface area contributed by atoms with Crippen LogP contribution in [0.5, 0.6) is 11.5 Å². The smallest absolute Gasteiger partial charge is 0.237 e. The van der Waals surface area contributed by atoms with Gasteiger partial charge >= 0.3 is 0 Å². The molecule has 1 amide bonds. The Bertz CT molecular complexity index is 834. The van der Waals surface area contributed by atoms with E-state index in [0.717, 1.165) is 43.0 Å². The molecule has 1 aliphatic carbocycles. The SMILES string of the molecule is O=C(CN(Cc1cccs1)C1CC1)N1CCCC1c1ccc2c(c1)OCCO2. The second-order valence-corrected chi connectivity index (χ2v) is 8.90. The first kappa shape index (κ1) is 18.0. The molecule has 0 N–H and O–H groups in total. The number of benzene rings is 1. The van der Waals surface area contributed by atoms with Crippen LogP contribution in [0.15, 0.2) is 35.7 Å². The molecule has 1 aromatic carbocycles. The summed E-state index contributed by atoms with van der Waals surface area (Å²) in [6, 6.07) is 11.1. The lowest BCUT2D eigenvalue weighted by Gasteiger charge is -2.29. The first-order valence-corrected chi connectivity index (χ1v) is 11.1. The lowest BCUT2D eigenvalue weighted by Crippen LogP contribution is -2.40. The number of rotatable bonds is 6. The van der Waals surface area contributed by atoms with Gasteiger partial charge in [0, 0.05) is 24.0 Å². The number of carbonyl (C=O) groups is 1. The maximum atomic E-state index is 13.2. The molecule has 1 unspecified atom stereocenters. The third-order valence-electron chi connectivity index (χ3n) is 5.86. The van der Waals surface area contributed by atoms with Crippen molar-refractivity contribution in [3.8, 4) is 11.5 Å². The molecule has 0 bridgehead atoms. The highest BCUT2D eigenvalue weighted by Gasteiger charge is 2.35. The zero-order valence-electron chi connectivity index (χ0n) is 16.0. The van der Waals surface area contributed by atoms with Crippen molar-refractivity contribution in [3.63, 3.8) is 0 Å². The fourth-order valence-electron chi connectivity index (χ4n) is 4.30. The van der Waals surface area contributed by atoms with Crippen LogP contribution in [0.1, 0.15) is 42.2 Å². The molecule has 2 aromatic rings. The Balaban J connectivity index is 1.29. The maximum Gasteiger partial charge on any atom is 0.237 e. The highest BCUT2D eigenvalue weighted by molar-refractivity contribution is 7.09. The molecule has 1 saturated heterocycles. The van der Waals surface area contributed by atoms with Gasteiger partial charge in [-0.2, -0.15) is 0 Å². The van der Waals surface area contributed by atoms with Gasteiger partial charge in [-0.25, -0.2) is 0 Å². The topological polar surface area (TPSA) is 42.0 Å². The number of hydrogen-bond acceptors (Lipinski definition) is 5. The van der Waals surface area contributed by atoms with Gasteiger partial charge in [0.2, 0.25) is 5.91 Å². The number of ether oxygens (including phenoxy) is 2. The Morgan fingerprint density at radius 3 is 2.79 bits per heavy atom. The molecule has 1 atom stereocenters. The average Bonchev–Trinajstić information content (AvgIpc) is 3.23. The minimum absolute atomic E-state index is 0.145. The second kappa shape index (κ2) is 7.76. The number of likely N-dealkylation sites (tertiary alicyclic amines) is 1. The zero-order chi connectivity index (χ0) is 18.9. The van der Waals surface area contributed by atoms with Crippen LogP contribution in [-0.2, 0) is 11.3 Å². The average molecular weight is 399 g/mol. The molecule has 0 radical (unpaired) electrons. The van der Waals surface area contributed by atoms with Crippen molar-refractivity contribution in [1.82, 2.24) is 9.80 Å². The number of carbonyl (C=O) groups excluding carboxylic acids is 1. The Morgan fingerprint density at radius 1 is 1.14 bits per heavy atom. The molecule has 0 spiro atoms. The molecule has 148 valence electrons. The van der Waals surface area contributed by atoms with E-state index in [0.29, 0.717) is 25.8 Å². The van der Waals surface area contributed by atoms with Crippen molar-refractivity contribution >= 4 is 17.2 Å². The summed E-state index contributed by atoms with van der Waals surface area (Å²) in [6.45, 7) is 3.43. The van der Waals surface area contributed by atoms with Gasteiger partial charge in [0.05, 0.1) is 12.6 Å². The van der Waals surface area contributed by atoms with E-state index in [2.05, 4.69) is 39.4 Å². The standard InChI is InChI=1S/C22H26N2O3S/c25-22(15-23(17-6-7-17)14-18-3-2-12-28-18)24-9-1-4-19(24)16-5-8-20-21(13-16)27-11-10-26-20/h2-3,5,8,12-13,17,19H,1,4,6-7,9-11,14-15H2. The van der Waals surface area contributed by atoms with Gasteiger partial charge < -0.3 is 14.4 Å². The number of fused-ring (bicyclic) bond motifs is 1. The molecule has 6 heteroatoms. The summed E-state index contributed by atoms with van der Waals surface area (Å²) >= 11 is 1.77. The van der Waals surface area contributed by atoms with Gasteiger partial charge in [-0.1, -0.05) is 12.1 Å². The summed E-state index contributed by atoms with van der Waals surface area (Å²) in [5, 5.41) is 2.11. The van der Waals surface area contributed by atoms with Gasteiger partial charge in [0.1, 0.15) is 13.2 Å². The van der Waals surface area contributed by atoms with Crippen molar-refractivity contribution in [1.29, 1.82) is 0 Å². The highest BCUT2D eigenvalue weighted by atomic mass is 32.1. The summed E-state index contributed by atoms with van der Waals surface area (Å²) in [7, 11) is 0. The van der Waals surface area contributed by atoms with Crippen LogP contribution in [0, 0.1) is 0 Å². The third-order valence-corrected chi connectivity index (χ3v) is 6.73. The lowest BCUT2D eigenvalue weighted by molar-refractivity contribution is -0.133. The molecule has 3 heterocycles. The second-order valence-electron chi connectivity index (χ2n) is 7.86. The minimum atomic E-state index is 0.145. The van der Waals surface area contributed by atoms with Crippen LogP contribution < -0.4 is 9.47 Å². The Hall–Kier alpha value is -2.05. The van der Waals surface area contributed by atoms with E-state index in [1.807, 2.05) is 6.07 Å². The Morgan fingerprint density at radius 2 is 2.00 bits per heavy atom. The largest absolute Gasteiger partial charge is 0.486 e. The summed E-state index contributed by atoms with van der Waals surface area (Å²) in [5.74, 6) is 1.86. The van der Waals surface area contributed by atoms with Crippen molar-refractivity contribution < 1.29 is 14.3 Å². The van der Waals surface area contributed by atoms with Crippen molar-refractivity contribution in [2.24, 2.45) is 0 Å². The number of thiophene rings is 1. The van der Waals surface area contributed by atoms with Crippen molar-refractivity contribution in [2.45, 2.75) is 44.3 Å². The van der Waals surface area contributed by atoms with Crippen LogP contribution >= 0.6 is 11.3 Å². The van der Waals surface area contributed by atoms with E-state index in [1.165, 1.54) is 17.7 Å². The zero-order valence-corrected chi connectivity index (χ0v) is 16.8. The van der Waals surface area contributed by atoms with Gasteiger partial charge in [-0.3, -0.25) is 9.69 Å². The van der Waals surface area contributed by atoms with E-state index in [1.54, 1.807) is 11.3 Å². The monoisotopic (exact) mass is 398 g/mol. The van der Waals surface area contributed by atoms with Crippen LogP contribution in [-0.4, -0.2) is 48.1 Å².